The van der Waals surface area contributed by atoms with Gasteiger partial charge in [-0.2, -0.15) is 0 Å². The Kier molecular flexibility index (Phi) is 1.16. The van der Waals surface area contributed by atoms with Gasteiger partial charge in [-0.25, -0.2) is 4.79 Å². The van der Waals surface area contributed by atoms with E-state index >= 15 is 0 Å². The van der Waals surface area contributed by atoms with Gasteiger partial charge in [0.2, 0.25) is 0 Å². The summed E-state index contributed by atoms with van der Waals surface area (Å²) in [4.78, 5) is 10.5. The van der Waals surface area contributed by atoms with E-state index in [1.807, 2.05) is 0 Å². The molecular weight excluding hydrogens is 118 g/mol. The minimum absolute atomic E-state index is 0.266. The summed E-state index contributed by atoms with van der Waals surface area (Å²) in [6.07, 6.45) is 6.40. The average molecular weight is 123 g/mol. The largest absolute Gasteiger partial charge is 0.419 e. The van der Waals surface area contributed by atoms with Gasteiger partial charge in [0.25, 0.3) is 0 Å². The highest BCUT2D eigenvalue weighted by Gasteiger charge is 1.95. The van der Waals surface area contributed by atoms with Gasteiger partial charge in [0.1, 0.15) is 0 Å². The van der Waals surface area contributed by atoms with Crippen molar-refractivity contribution in [1.82, 2.24) is 4.57 Å². The lowest BCUT2D eigenvalue weighted by molar-refractivity contribution is 0.486. The van der Waals surface area contributed by atoms with Crippen LogP contribution in [0.1, 0.15) is 5.76 Å². The molecule has 0 N–H and O–H groups in total. The summed E-state index contributed by atoms with van der Waals surface area (Å²) in [6.45, 7) is 0. The van der Waals surface area contributed by atoms with Crippen LogP contribution >= 0.6 is 0 Å². The van der Waals surface area contributed by atoms with Crippen LogP contribution in [-0.4, -0.2) is 4.57 Å². The van der Waals surface area contributed by atoms with Gasteiger partial charge in [-0.3, -0.25) is 4.57 Å². The van der Waals surface area contributed by atoms with Gasteiger partial charge < -0.3 is 4.42 Å². The Labute approximate surface area is 51.9 Å². The minimum atomic E-state index is -0.428. The molecule has 0 amide bonds. The van der Waals surface area contributed by atoms with Gasteiger partial charge in [-0.15, -0.1) is 6.42 Å². The van der Waals surface area contributed by atoms with Gasteiger partial charge in [-0.05, 0) is 5.92 Å². The van der Waals surface area contributed by atoms with Crippen LogP contribution in [0.3, 0.4) is 0 Å². The topological polar surface area (TPSA) is 35.1 Å². The van der Waals surface area contributed by atoms with Gasteiger partial charge in [0, 0.05) is 7.05 Å². The average Bonchev–Trinajstić information content (AvgIpc) is 2.13. The van der Waals surface area contributed by atoms with Crippen molar-refractivity contribution in [3.8, 4) is 12.3 Å². The molecule has 3 heteroatoms. The SMILES string of the molecule is C#Cc1cn(C)c(=O)o1. The zero-order valence-corrected chi connectivity index (χ0v) is 4.92. The molecule has 0 aliphatic heterocycles. The molecule has 0 aliphatic rings. The predicted molar refractivity (Wildman–Crippen MR) is 31.9 cm³/mol. The first kappa shape index (κ1) is 5.70. The molecule has 0 aliphatic carbocycles. The second-order valence-electron chi connectivity index (χ2n) is 1.62. The van der Waals surface area contributed by atoms with E-state index < -0.39 is 5.76 Å². The Morgan fingerprint density at radius 2 is 2.56 bits per heavy atom. The first-order valence-electron chi connectivity index (χ1n) is 2.37. The lowest BCUT2D eigenvalue weighted by Gasteiger charge is -1.74. The molecule has 0 saturated carbocycles. The highest BCUT2D eigenvalue weighted by atomic mass is 16.4. The lowest BCUT2D eigenvalue weighted by Crippen LogP contribution is -2.06. The second kappa shape index (κ2) is 1.82. The quantitative estimate of drug-likeness (QED) is 0.454. The van der Waals surface area contributed by atoms with E-state index in [2.05, 4.69) is 10.3 Å². The third-order valence-corrected chi connectivity index (χ3v) is 0.938. The second-order valence-corrected chi connectivity index (χ2v) is 1.62. The van der Waals surface area contributed by atoms with Gasteiger partial charge in [-0.1, -0.05) is 0 Å². The molecule has 0 radical (unpaired) electrons. The molecule has 9 heavy (non-hydrogen) atoms. The molecular formula is C6H5NO2. The van der Waals surface area contributed by atoms with Gasteiger partial charge in [0.15, 0.2) is 5.76 Å². The molecule has 46 valence electrons. The monoisotopic (exact) mass is 123 g/mol. The maximum atomic E-state index is 10.5. The van der Waals surface area contributed by atoms with Crippen LogP contribution in [0.5, 0.6) is 0 Å². The molecule has 0 atom stereocenters. The van der Waals surface area contributed by atoms with Crippen LogP contribution in [-0.2, 0) is 7.05 Å². The smallest absolute Gasteiger partial charge is 0.399 e. The molecule has 0 saturated heterocycles. The van der Waals surface area contributed by atoms with E-state index in [-0.39, 0.29) is 5.76 Å². The lowest BCUT2D eigenvalue weighted by atomic mass is 10.5. The number of rotatable bonds is 0. The summed E-state index contributed by atoms with van der Waals surface area (Å²) < 4.78 is 5.82. The summed E-state index contributed by atoms with van der Waals surface area (Å²) in [5.74, 6) is 2.04. The Bertz CT molecular complexity index is 300. The number of nitrogens with zero attached hydrogens (tertiary/aromatic N) is 1. The van der Waals surface area contributed by atoms with E-state index in [1.165, 1.54) is 10.8 Å². The Balaban J connectivity index is 3.33. The van der Waals surface area contributed by atoms with Crippen LogP contribution < -0.4 is 5.76 Å². The molecule has 1 rings (SSSR count). The Hall–Kier alpha value is -1.43. The molecule has 0 spiro atoms. The Morgan fingerprint density at radius 3 is 2.78 bits per heavy atom. The summed E-state index contributed by atoms with van der Waals surface area (Å²) in [6, 6.07) is 0. The van der Waals surface area contributed by atoms with E-state index in [1.54, 1.807) is 7.05 Å². The summed E-state index contributed by atoms with van der Waals surface area (Å²) >= 11 is 0. The molecule has 0 aromatic carbocycles. The maximum absolute atomic E-state index is 10.5. The Morgan fingerprint density at radius 1 is 1.89 bits per heavy atom. The number of hydrogen-bond donors (Lipinski definition) is 0. The van der Waals surface area contributed by atoms with Crippen molar-refractivity contribution < 1.29 is 4.42 Å². The van der Waals surface area contributed by atoms with Crippen LogP contribution in [0.25, 0.3) is 0 Å². The number of aromatic nitrogens is 1. The van der Waals surface area contributed by atoms with Gasteiger partial charge in [0.05, 0.1) is 6.20 Å². The first-order chi connectivity index (χ1) is 4.24. The van der Waals surface area contributed by atoms with Crippen LogP contribution in [0.4, 0.5) is 0 Å². The first-order valence-corrected chi connectivity index (χ1v) is 2.37. The van der Waals surface area contributed by atoms with Crippen molar-refractivity contribution in [3.05, 3.63) is 22.5 Å². The molecule has 1 heterocycles. The van der Waals surface area contributed by atoms with Crippen LogP contribution in [0.2, 0.25) is 0 Å². The van der Waals surface area contributed by atoms with Crippen molar-refractivity contribution in [2.75, 3.05) is 0 Å². The van der Waals surface area contributed by atoms with Crippen molar-refractivity contribution >= 4 is 0 Å². The van der Waals surface area contributed by atoms with E-state index in [9.17, 15) is 4.79 Å². The predicted octanol–water partition coefficient (Wildman–Crippen LogP) is -0.0404. The van der Waals surface area contributed by atoms with E-state index in [0.717, 1.165) is 0 Å². The van der Waals surface area contributed by atoms with Crippen molar-refractivity contribution in [2.24, 2.45) is 7.05 Å². The zero-order valence-electron chi connectivity index (χ0n) is 4.92. The third kappa shape index (κ3) is 0.868. The minimum Gasteiger partial charge on any atom is -0.399 e. The standard InChI is InChI=1S/C6H5NO2/c1-3-5-4-7(2)6(8)9-5/h1,4H,2H3. The molecule has 3 nitrogen and oxygen atoms in total. The molecule has 1 aromatic heterocycles. The van der Waals surface area contributed by atoms with Crippen molar-refractivity contribution in [2.45, 2.75) is 0 Å². The molecule has 1 aromatic rings. The highest BCUT2D eigenvalue weighted by Crippen LogP contribution is 1.88. The molecule has 0 bridgehead atoms. The van der Waals surface area contributed by atoms with Crippen molar-refractivity contribution in [3.63, 3.8) is 0 Å². The van der Waals surface area contributed by atoms with Crippen molar-refractivity contribution in [1.29, 1.82) is 0 Å². The normalized spacial score (nSPS) is 8.89. The molecule has 0 fully saturated rings. The highest BCUT2D eigenvalue weighted by molar-refractivity contribution is 5.16. The maximum Gasteiger partial charge on any atom is 0.419 e. The fourth-order valence-electron chi connectivity index (χ4n) is 0.488. The van der Waals surface area contributed by atoms with E-state index in [4.69, 9.17) is 6.42 Å². The summed E-state index contributed by atoms with van der Waals surface area (Å²) in [7, 11) is 1.58. The third-order valence-electron chi connectivity index (χ3n) is 0.938. The number of oxazole rings is 1. The van der Waals surface area contributed by atoms with Crippen LogP contribution in [0.15, 0.2) is 15.4 Å². The summed E-state index contributed by atoms with van der Waals surface area (Å²) in [5.41, 5.74) is 0. The molecule has 0 unspecified atom stereocenters. The number of hydrogen-bond acceptors (Lipinski definition) is 2. The zero-order chi connectivity index (χ0) is 6.85. The van der Waals surface area contributed by atoms with Gasteiger partial charge >= 0.3 is 5.76 Å². The fourth-order valence-corrected chi connectivity index (χ4v) is 0.488. The fraction of sp³-hybridized carbons (Fsp3) is 0.167. The van der Waals surface area contributed by atoms with E-state index in [0.29, 0.717) is 0 Å². The van der Waals surface area contributed by atoms with Crippen LogP contribution in [0, 0.1) is 12.3 Å². The summed E-state index contributed by atoms with van der Waals surface area (Å²) in [5, 5.41) is 0. The number of terminal acetylenes is 1. The number of aryl methyl sites for hydroxylation is 1.